The van der Waals surface area contributed by atoms with E-state index in [9.17, 15) is 10.2 Å². The Balaban J connectivity index is 1.67. The monoisotopic (exact) mass is 454 g/mol. The van der Waals surface area contributed by atoms with Crippen molar-refractivity contribution < 1.29 is 24.5 Å². The Kier molecular flexibility index (Phi) is 6.12. The normalized spacial score (nSPS) is 25.0. The molecule has 0 amide bonds. The van der Waals surface area contributed by atoms with Gasteiger partial charge in [0.15, 0.2) is 12.0 Å². The molecule has 11 heteroatoms. The molecule has 0 bridgehead atoms. The molecule has 2 aromatic heterocycles. The number of benzene rings is 1. The Bertz CT molecular complexity index is 1050. The van der Waals surface area contributed by atoms with E-state index in [0.29, 0.717) is 32.5 Å². The fourth-order valence-corrected chi connectivity index (χ4v) is 3.98. The van der Waals surface area contributed by atoms with Crippen LogP contribution < -0.4 is 5.48 Å². The first-order valence-corrected chi connectivity index (χ1v) is 9.81. The second-order valence-corrected chi connectivity index (χ2v) is 7.61. The number of nitrogens with one attached hydrogen (secondary N) is 1. The highest BCUT2D eigenvalue weighted by atomic mass is 35.5. The molecule has 0 spiro atoms. The first-order chi connectivity index (χ1) is 14.5. The summed E-state index contributed by atoms with van der Waals surface area (Å²) in [5.74, 6) is 0.469. The van der Waals surface area contributed by atoms with E-state index in [1.54, 1.807) is 35.0 Å². The molecule has 9 nitrogen and oxygen atoms in total. The van der Waals surface area contributed by atoms with Gasteiger partial charge in [0.25, 0.3) is 0 Å². The van der Waals surface area contributed by atoms with Crippen LogP contribution in [-0.2, 0) is 14.3 Å². The van der Waals surface area contributed by atoms with Crippen molar-refractivity contribution in [3.8, 4) is 0 Å². The van der Waals surface area contributed by atoms with E-state index in [2.05, 4.69) is 15.4 Å². The first-order valence-electron chi connectivity index (χ1n) is 9.06. The summed E-state index contributed by atoms with van der Waals surface area (Å²) in [5, 5.41) is 22.9. The van der Waals surface area contributed by atoms with Gasteiger partial charge in [0, 0.05) is 13.3 Å². The van der Waals surface area contributed by atoms with Crippen LogP contribution in [0.15, 0.2) is 36.8 Å². The summed E-state index contributed by atoms with van der Waals surface area (Å²) in [4.78, 5) is 13.3. The Morgan fingerprint density at radius 1 is 1.13 bits per heavy atom. The predicted molar refractivity (Wildman–Crippen MR) is 110 cm³/mol. The van der Waals surface area contributed by atoms with E-state index < -0.39 is 30.6 Å². The van der Waals surface area contributed by atoms with Crippen molar-refractivity contribution in [2.45, 2.75) is 30.6 Å². The molecule has 1 saturated heterocycles. The van der Waals surface area contributed by atoms with E-state index in [-0.39, 0.29) is 0 Å². The summed E-state index contributed by atoms with van der Waals surface area (Å²) in [7, 11) is 2.97. The Labute approximate surface area is 182 Å². The van der Waals surface area contributed by atoms with Crippen LogP contribution in [0.2, 0.25) is 10.0 Å². The number of fused-ring (bicyclic) bond motifs is 1. The molecule has 1 fully saturated rings. The quantitative estimate of drug-likeness (QED) is 0.487. The van der Waals surface area contributed by atoms with Crippen LogP contribution in [-0.4, -0.2) is 57.3 Å². The van der Waals surface area contributed by atoms with E-state index in [1.165, 1.54) is 20.5 Å². The summed E-state index contributed by atoms with van der Waals surface area (Å²) >= 11 is 12.1. The van der Waals surface area contributed by atoms with Crippen LogP contribution >= 0.6 is 23.2 Å². The zero-order chi connectivity index (χ0) is 21.4. The van der Waals surface area contributed by atoms with Gasteiger partial charge in [-0.3, -0.25) is 4.84 Å². The van der Waals surface area contributed by atoms with Crippen LogP contribution in [0.25, 0.3) is 11.0 Å². The van der Waals surface area contributed by atoms with E-state index in [4.69, 9.17) is 37.5 Å². The van der Waals surface area contributed by atoms with Crippen LogP contribution in [0, 0.1) is 0 Å². The minimum atomic E-state index is -1.22. The number of hydrogen-bond acceptors (Lipinski definition) is 8. The third kappa shape index (κ3) is 3.63. The summed E-state index contributed by atoms with van der Waals surface area (Å²) in [6, 6.07) is 6.79. The molecule has 4 rings (SSSR count). The summed E-state index contributed by atoms with van der Waals surface area (Å²) in [6.45, 7) is 0. The van der Waals surface area contributed by atoms with Gasteiger partial charge in [0.1, 0.15) is 36.4 Å². The third-order valence-corrected chi connectivity index (χ3v) is 5.82. The third-order valence-electron chi connectivity index (χ3n) is 5.08. The molecule has 5 atom stereocenters. The zero-order valence-corrected chi connectivity index (χ0v) is 17.6. The number of hydrogen-bond donors (Lipinski definition) is 3. The zero-order valence-electron chi connectivity index (χ0n) is 16.1. The van der Waals surface area contributed by atoms with Crippen molar-refractivity contribution in [2.24, 2.45) is 0 Å². The average Bonchev–Trinajstić information content (AvgIpc) is 3.28. The number of aliphatic hydroxyl groups excluding tert-OH is 2. The highest BCUT2D eigenvalue weighted by Crippen LogP contribution is 2.40. The molecule has 1 aliphatic heterocycles. The lowest BCUT2D eigenvalue weighted by Crippen LogP contribution is -2.35. The standard InChI is InChI=1S/C19H20Cl2N4O5/c1-28-15(9-3-4-11(20)12(21)7-9)16-13(26)14(27)19(30-16)25-6-5-10-17(24-29-2)22-8-23-18(10)25/h3-8,13-16,19,26-27H,1-2H3,(H,22,23,24)/t13-,14+,15+,16+,19+/m0/s1. The smallest absolute Gasteiger partial charge is 0.164 e. The molecule has 1 aliphatic rings. The minimum absolute atomic E-state index is 0.354. The maximum absolute atomic E-state index is 10.7. The number of aliphatic hydroxyl groups is 2. The molecule has 30 heavy (non-hydrogen) atoms. The van der Waals surface area contributed by atoms with Gasteiger partial charge in [-0.15, -0.1) is 0 Å². The molecular formula is C19H20Cl2N4O5. The molecule has 0 aliphatic carbocycles. The summed E-state index contributed by atoms with van der Waals surface area (Å²) in [6.07, 6.45) is -1.81. The molecule has 0 unspecified atom stereocenters. The number of halogens is 2. The van der Waals surface area contributed by atoms with Gasteiger partial charge < -0.3 is 24.3 Å². The molecule has 0 radical (unpaired) electrons. The van der Waals surface area contributed by atoms with Gasteiger partial charge in [-0.2, -0.15) is 0 Å². The molecule has 160 valence electrons. The van der Waals surface area contributed by atoms with Gasteiger partial charge in [-0.1, -0.05) is 29.3 Å². The number of rotatable bonds is 6. The van der Waals surface area contributed by atoms with Crippen molar-refractivity contribution in [1.29, 1.82) is 0 Å². The van der Waals surface area contributed by atoms with Crippen LogP contribution in [0.1, 0.15) is 17.9 Å². The van der Waals surface area contributed by atoms with E-state index in [0.717, 1.165) is 0 Å². The summed E-state index contributed by atoms with van der Waals surface area (Å²) < 4.78 is 13.3. The lowest BCUT2D eigenvalue weighted by molar-refractivity contribution is -0.0974. The molecule has 3 heterocycles. The van der Waals surface area contributed by atoms with Gasteiger partial charge in [-0.25, -0.2) is 15.4 Å². The van der Waals surface area contributed by atoms with Crippen molar-refractivity contribution in [1.82, 2.24) is 14.5 Å². The number of aromatic nitrogens is 3. The molecule has 0 saturated carbocycles. The lowest BCUT2D eigenvalue weighted by Gasteiger charge is -2.25. The van der Waals surface area contributed by atoms with E-state index in [1.807, 2.05) is 0 Å². The topological polar surface area (TPSA) is 111 Å². The number of ether oxygens (including phenoxy) is 2. The maximum atomic E-state index is 10.7. The van der Waals surface area contributed by atoms with Gasteiger partial charge in [0.2, 0.25) is 0 Å². The number of anilines is 1. The highest BCUT2D eigenvalue weighted by Gasteiger charge is 2.48. The highest BCUT2D eigenvalue weighted by molar-refractivity contribution is 6.42. The SMILES string of the molecule is CONc1ncnc2c1ccn2[C@@H]1O[C@@H]([C@H](OC)c2ccc(Cl)c(Cl)c2)[C@@H](O)[C@H]1O. The second kappa shape index (κ2) is 8.64. The van der Waals surface area contributed by atoms with Gasteiger partial charge in [0.05, 0.1) is 22.5 Å². The lowest BCUT2D eigenvalue weighted by atomic mass is 9.99. The number of nitrogens with zero attached hydrogens (tertiary/aromatic N) is 3. The fourth-order valence-electron chi connectivity index (χ4n) is 3.67. The Morgan fingerprint density at radius 3 is 2.63 bits per heavy atom. The second-order valence-electron chi connectivity index (χ2n) is 6.79. The van der Waals surface area contributed by atoms with Crippen LogP contribution in [0.3, 0.4) is 0 Å². The Morgan fingerprint density at radius 2 is 1.93 bits per heavy atom. The number of methoxy groups -OCH3 is 1. The molecule has 3 N–H and O–H groups in total. The van der Waals surface area contributed by atoms with Crippen molar-refractivity contribution >= 4 is 40.1 Å². The first kappa shape index (κ1) is 21.3. The van der Waals surface area contributed by atoms with Crippen LogP contribution in [0.5, 0.6) is 0 Å². The van der Waals surface area contributed by atoms with Gasteiger partial charge in [-0.05, 0) is 23.8 Å². The molecular weight excluding hydrogens is 435 g/mol. The van der Waals surface area contributed by atoms with Gasteiger partial charge >= 0.3 is 0 Å². The summed E-state index contributed by atoms with van der Waals surface area (Å²) in [5.41, 5.74) is 3.85. The Hall–Kier alpha value is -1.98. The van der Waals surface area contributed by atoms with E-state index >= 15 is 0 Å². The molecule has 3 aromatic rings. The van der Waals surface area contributed by atoms with Crippen LogP contribution in [0.4, 0.5) is 5.82 Å². The maximum Gasteiger partial charge on any atom is 0.164 e. The average molecular weight is 455 g/mol. The van der Waals surface area contributed by atoms with Crippen molar-refractivity contribution in [3.05, 3.63) is 52.4 Å². The largest absolute Gasteiger partial charge is 0.387 e. The molecule has 1 aromatic carbocycles. The fraction of sp³-hybridized carbons (Fsp3) is 0.368. The van der Waals surface area contributed by atoms with Crippen molar-refractivity contribution in [2.75, 3.05) is 19.7 Å². The predicted octanol–water partition coefficient (Wildman–Crippen LogP) is 2.72. The van der Waals surface area contributed by atoms with Crippen molar-refractivity contribution in [3.63, 3.8) is 0 Å². The minimum Gasteiger partial charge on any atom is -0.387 e.